The van der Waals surface area contributed by atoms with Crippen molar-refractivity contribution in [2.24, 2.45) is 0 Å². The van der Waals surface area contributed by atoms with Crippen LogP contribution in [0, 0.1) is 0 Å². The van der Waals surface area contributed by atoms with E-state index in [0.717, 1.165) is 36.8 Å². The van der Waals surface area contributed by atoms with E-state index in [4.69, 9.17) is 0 Å². The molecule has 1 saturated carbocycles. The van der Waals surface area contributed by atoms with Crippen LogP contribution in [0.4, 0.5) is 4.79 Å². The molecular formula is C21H22N4O3S. The highest BCUT2D eigenvalue weighted by molar-refractivity contribution is 7.17. The Morgan fingerprint density at radius 3 is 2.66 bits per heavy atom. The summed E-state index contributed by atoms with van der Waals surface area (Å²) in [5.74, 6) is -0.543. The summed E-state index contributed by atoms with van der Waals surface area (Å²) in [7, 11) is 0. The predicted molar refractivity (Wildman–Crippen MR) is 113 cm³/mol. The lowest BCUT2D eigenvalue weighted by Gasteiger charge is -2.22. The van der Waals surface area contributed by atoms with Gasteiger partial charge in [-0.2, -0.15) is 0 Å². The van der Waals surface area contributed by atoms with Gasteiger partial charge in [-0.05, 0) is 18.4 Å². The Morgan fingerprint density at radius 2 is 1.90 bits per heavy atom. The SMILES string of the molecule is O=C(Cn1cnc2scc(-c3ccccc3)c2c1=O)NC(=O)NC1CCCCC1. The second kappa shape index (κ2) is 8.57. The number of benzene rings is 1. The van der Waals surface area contributed by atoms with E-state index in [1.807, 2.05) is 35.7 Å². The quantitative estimate of drug-likeness (QED) is 0.690. The first-order chi connectivity index (χ1) is 14.1. The maximum Gasteiger partial charge on any atom is 0.321 e. The van der Waals surface area contributed by atoms with Gasteiger partial charge in [-0.15, -0.1) is 11.3 Å². The van der Waals surface area contributed by atoms with E-state index >= 15 is 0 Å². The molecule has 0 aliphatic heterocycles. The number of nitrogens with zero attached hydrogens (tertiary/aromatic N) is 2. The average molecular weight is 410 g/mol. The molecule has 8 heteroatoms. The van der Waals surface area contributed by atoms with Crippen molar-refractivity contribution in [1.29, 1.82) is 0 Å². The molecule has 1 aliphatic carbocycles. The summed E-state index contributed by atoms with van der Waals surface area (Å²) in [4.78, 5) is 42.3. The lowest BCUT2D eigenvalue weighted by molar-refractivity contribution is -0.120. The minimum atomic E-state index is -0.543. The van der Waals surface area contributed by atoms with Gasteiger partial charge in [-0.1, -0.05) is 49.6 Å². The Labute approximate surface area is 171 Å². The molecule has 0 spiro atoms. The molecule has 0 saturated heterocycles. The number of rotatable bonds is 4. The van der Waals surface area contributed by atoms with Gasteiger partial charge in [0, 0.05) is 17.0 Å². The minimum absolute atomic E-state index is 0.108. The van der Waals surface area contributed by atoms with Gasteiger partial charge in [0.2, 0.25) is 5.91 Å². The molecule has 1 fully saturated rings. The first kappa shape index (κ1) is 19.3. The number of carbonyl (C=O) groups is 2. The Hall–Kier alpha value is -3.00. The van der Waals surface area contributed by atoms with Crippen molar-refractivity contribution >= 4 is 33.5 Å². The topological polar surface area (TPSA) is 93.1 Å². The summed E-state index contributed by atoms with van der Waals surface area (Å²) in [6, 6.07) is 9.19. The van der Waals surface area contributed by atoms with Crippen molar-refractivity contribution in [3.8, 4) is 11.1 Å². The van der Waals surface area contributed by atoms with Crippen LogP contribution >= 0.6 is 11.3 Å². The van der Waals surface area contributed by atoms with Crippen molar-refractivity contribution in [1.82, 2.24) is 20.2 Å². The van der Waals surface area contributed by atoms with Crippen molar-refractivity contribution in [2.75, 3.05) is 0 Å². The van der Waals surface area contributed by atoms with Gasteiger partial charge in [0.1, 0.15) is 11.4 Å². The molecule has 2 aromatic heterocycles. The monoisotopic (exact) mass is 410 g/mol. The lowest BCUT2D eigenvalue weighted by Crippen LogP contribution is -2.46. The number of aromatic nitrogens is 2. The molecule has 2 heterocycles. The number of carbonyl (C=O) groups excluding carboxylic acids is 2. The van der Waals surface area contributed by atoms with Crippen LogP contribution in [0.25, 0.3) is 21.3 Å². The third-order valence-electron chi connectivity index (χ3n) is 5.15. The van der Waals surface area contributed by atoms with Crippen molar-refractivity contribution in [2.45, 2.75) is 44.7 Å². The number of urea groups is 1. The zero-order valence-electron chi connectivity index (χ0n) is 15.9. The number of thiophene rings is 1. The third kappa shape index (κ3) is 4.37. The smallest absolute Gasteiger partial charge is 0.321 e. The zero-order valence-corrected chi connectivity index (χ0v) is 16.7. The molecular weight excluding hydrogens is 388 g/mol. The standard InChI is InChI=1S/C21H22N4O3S/c26-17(24-21(28)23-15-9-5-2-6-10-15)11-25-13-22-19-18(20(25)27)16(12-29-19)14-7-3-1-4-8-14/h1,3-4,7-8,12-13,15H,2,5-6,9-11H2,(H2,23,24,26,28). The van der Waals surface area contributed by atoms with Crippen LogP contribution in [-0.4, -0.2) is 27.5 Å². The van der Waals surface area contributed by atoms with Crippen molar-refractivity contribution < 1.29 is 9.59 Å². The number of hydrogen-bond donors (Lipinski definition) is 2. The van der Waals surface area contributed by atoms with Gasteiger partial charge in [0.05, 0.1) is 11.7 Å². The Bertz CT molecular complexity index is 1080. The van der Waals surface area contributed by atoms with E-state index < -0.39 is 11.9 Å². The number of hydrogen-bond acceptors (Lipinski definition) is 5. The fourth-order valence-corrected chi connectivity index (χ4v) is 4.61. The van der Waals surface area contributed by atoms with Gasteiger partial charge in [0.15, 0.2) is 0 Å². The second-order valence-corrected chi connectivity index (χ2v) is 8.09. The summed E-state index contributed by atoms with van der Waals surface area (Å²) >= 11 is 1.39. The van der Waals surface area contributed by atoms with E-state index in [0.29, 0.717) is 10.2 Å². The van der Waals surface area contributed by atoms with Gasteiger partial charge in [-0.25, -0.2) is 9.78 Å². The van der Waals surface area contributed by atoms with Crippen molar-refractivity contribution in [3.05, 3.63) is 52.4 Å². The molecule has 2 N–H and O–H groups in total. The molecule has 1 aliphatic rings. The fourth-order valence-electron chi connectivity index (χ4n) is 3.70. The zero-order chi connectivity index (χ0) is 20.2. The molecule has 1 aromatic carbocycles. The maximum atomic E-state index is 13.0. The Kier molecular flexibility index (Phi) is 5.71. The average Bonchev–Trinajstić information content (AvgIpc) is 3.16. The third-order valence-corrected chi connectivity index (χ3v) is 6.04. The molecule has 150 valence electrons. The van der Waals surface area contributed by atoms with Crippen LogP contribution in [0.1, 0.15) is 32.1 Å². The van der Waals surface area contributed by atoms with E-state index in [1.165, 1.54) is 28.7 Å². The maximum absolute atomic E-state index is 13.0. The van der Waals surface area contributed by atoms with Crippen LogP contribution in [-0.2, 0) is 11.3 Å². The van der Waals surface area contributed by atoms with E-state index in [2.05, 4.69) is 15.6 Å². The summed E-state index contributed by atoms with van der Waals surface area (Å²) in [6.07, 6.45) is 6.58. The van der Waals surface area contributed by atoms with E-state index in [1.54, 1.807) is 0 Å². The number of amides is 3. The normalized spacial score (nSPS) is 14.6. The van der Waals surface area contributed by atoms with Crippen molar-refractivity contribution in [3.63, 3.8) is 0 Å². The van der Waals surface area contributed by atoms with Crippen LogP contribution < -0.4 is 16.2 Å². The highest BCUT2D eigenvalue weighted by Crippen LogP contribution is 2.30. The van der Waals surface area contributed by atoms with Gasteiger partial charge in [-0.3, -0.25) is 19.5 Å². The lowest BCUT2D eigenvalue weighted by atomic mass is 9.96. The van der Waals surface area contributed by atoms with Crippen LogP contribution in [0.2, 0.25) is 0 Å². The summed E-state index contributed by atoms with van der Waals surface area (Å²) in [5, 5.41) is 7.54. The predicted octanol–water partition coefficient (Wildman–Crippen LogP) is 3.28. The number of imide groups is 1. The van der Waals surface area contributed by atoms with Gasteiger partial charge < -0.3 is 5.32 Å². The summed E-state index contributed by atoms with van der Waals surface area (Å²) in [6.45, 7) is -0.260. The first-order valence-electron chi connectivity index (χ1n) is 9.74. The molecule has 7 nitrogen and oxygen atoms in total. The highest BCUT2D eigenvalue weighted by Gasteiger charge is 2.18. The fraction of sp³-hybridized carbons (Fsp3) is 0.333. The Balaban J connectivity index is 1.49. The first-order valence-corrected chi connectivity index (χ1v) is 10.6. The largest absolute Gasteiger partial charge is 0.335 e. The van der Waals surface area contributed by atoms with E-state index in [-0.39, 0.29) is 18.1 Å². The second-order valence-electron chi connectivity index (χ2n) is 7.23. The molecule has 0 atom stereocenters. The summed E-state index contributed by atoms with van der Waals surface area (Å²) < 4.78 is 1.24. The molecule has 3 aromatic rings. The minimum Gasteiger partial charge on any atom is -0.335 e. The van der Waals surface area contributed by atoms with Crippen LogP contribution in [0.5, 0.6) is 0 Å². The van der Waals surface area contributed by atoms with Crippen LogP contribution in [0.15, 0.2) is 46.8 Å². The van der Waals surface area contributed by atoms with Crippen LogP contribution in [0.3, 0.4) is 0 Å². The summed E-state index contributed by atoms with van der Waals surface area (Å²) in [5.41, 5.74) is 1.43. The highest BCUT2D eigenvalue weighted by atomic mass is 32.1. The molecule has 29 heavy (non-hydrogen) atoms. The molecule has 0 radical (unpaired) electrons. The number of fused-ring (bicyclic) bond motifs is 1. The molecule has 4 rings (SSSR count). The Morgan fingerprint density at radius 1 is 1.14 bits per heavy atom. The van der Waals surface area contributed by atoms with E-state index in [9.17, 15) is 14.4 Å². The molecule has 3 amide bonds. The number of nitrogens with one attached hydrogen (secondary N) is 2. The molecule has 0 bridgehead atoms. The van der Waals surface area contributed by atoms with Gasteiger partial charge >= 0.3 is 6.03 Å². The molecule has 0 unspecified atom stereocenters. The van der Waals surface area contributed by atoms with Gasteiger partial charge in [0.25, 0.3) is 5.56 Å².